The van der Waals surface area contributed by atoms with Crippen LogP contribution in [0.25, 0.3) is 5.69 Å². The maximum absolute atomic E-state index is 12.6. The highest BCUT2D eigenvalue weighted by atomic mass is 35.5. The average molecular weight is 513 g/mol. The molecule has 1 aliphatic rings. The quantitative estimate of drug-likeness (QED) is 0.504. The monoisotopic (exact) mass is 511 g/mol. The van der Waals surface area contributed by atoms with E-state index >= 15 is 0 Å². The first-order valence-corrected chi connectivity index (χ1v) is 10.8. The number of nitrogens with zero attached hydrogens (tertiary/aromatic N) is 4. The standard InChI is InChI=1S/C23H26ClN5O2.2ClH/c1-2-31-21-9-4-3-8-20(21)26-22(30)17-27-12-14-28(15-13-27)23-25-10-11-29(23)19-7-5-6-18(24)16-19;;/h3-11,16H,2,12-15,17H2,1H3,(H,26,30);2*1H. The van der Waals surface area contributed by atoms with Gasteiger partial charge in [-0.3, -0.25) is 14.3 Å². The number of hydrogen-bond donors (Lipinski definition) is 1. The van der Waals surface area contributed by atoms with Gasteiger partial charge in [-0.05, 0) is 37.3 Å². The summed E-state index contributed by atoms with van der Waals surface area (Å²) in [5.41, 5.74) is 1.69. The van der Waals surface area contributed by atoms with E-state index in [9.17, 15) is 4.79 Å². The number of piperazine rings is 1. The summed E-state index contributed by atoms with van der Waals surface area (Å²) in [7, 11) is 0. The zero-order chi connectivity index (χ0) is 21.6. The van der Waals surface area contributed by atoms with Crippen LogP contribution in [0.5, 0.6) is 5.75 Å². The molecule has 4 rings (SSSR count). The molecule has 0 unspecified atom stereocenters. The Kier molecular flexibility index (Phi) is 10.3. The van der Waals surface area contributed by atoms with Crippen molar-refractivity contribution in [3.05, 3.63) is 65.9 Å². The van der Waals surface area contributed by atoms with Crippen LogP contribution in [-0.4, -0.2) is 59.7 Å². The van der Waals surface area contributed by atoms with Gasteiger partial charge in [-0.2, -0.15) is 0 Å². The second-order valence-electron chi connectivity index (χ2n) is 7.32. The van der Waals surface area contributed by atoms with Crippen LogP contribution in [0.2, 0.25) is 5.02 Å². The summed E-state index contributed by atoms with van der Waals surface area (Å²) in [6.45, 7) is 5.97. The van der Waals surface area contributed by atoms with E-state index in [4.69, 9.17) is 16.3 Å². The van der Waals surface area contributed by atoms with Crippen LogP contribution in [-0.2, 0) is 4.79 Å². The van der Waals surface area contributed by atoms with Crippen LogP contribution >= 0.6 is 36.4 Å². The highest BCUT2D eigenvalue weighted by molar-refractivity contribution is 6.30. The molecular formula is C23H28Cl3N5O2. The first-order valence-electron chi connectivity index (χ1n) is 10.4. The van der Waals surface area contributed by atoms with Gasteiger partial charge in [0.05, 0.1) is 18.8 Å². The Morgan fingerprint density at radius 2 is 1.85 bits per heavy atom. The smallest absolute Gasteiger partial charge is 0.238 e. The molecule has 1 aromatic heterocycles. The van der Waals surface area contributed by atoms with Crippen molar-refractivity contribution in [1.82, 2.24) is 14.5 Å². The van der Waals surface area contributed by atoms with Gasteiger partial charge in [0.1, 0.15) is 5.75 Å². The Balaban J connectivity index is 0.00000193. The average Bonchev–Trinajstić information content (AvgIpc) is 3.26. The lowest BCUT2D eigenvalue weighted by Gasteiger charge is -2.35. The maximum atomic E-state index is 12.6. The third-order valence-electron chi connectivity index (χ3n) is 5.19. The summed E-state index contributed by atoms with van der Waals surface area (Å²) >= 11 is 6.15. The van der Waals surface area contributed by atoms with E-state index in [2.05, 4.69) is 20.1 Å². The minimum Gasteiger partial charge on any atom is -0.492 e. The van der Waals surface area contributed by atoms with Gasteiger partial charge >= 0.3 is 0 Å². The van der Waals surface area contributed by atoms with E-state index < -0.39 is 0 Å². The molecule has 0 saturated carbocycles. The number of anilines is 2. The van der Waals surface area contributed by atoms with E-state index in [1.54, 1.807) is 6.20 Å². The normalized spacial score (nSPS) is 13.6. The minimum absolute atomic E-state index is 0. The number of imidazole rings is 1. The lowest BCUT2D eigenvalue weighted by Crippen LogP contribution is -2.49. The summed E-state index contributed by atoms with van der Waals surface area (Å²) in [5, 5.41) is 3.66. The highest BCUT2D eigenvalue weighted by Crippen LogP contribution is 2.24. The number of hydrogen-bond acceptors (Lipinski definition) is 5. The second kappa shape index (κ2) is 12.7. The number of halogens is 3. The van der Waals surface area contributed by atoms with Gasteiger partial charge in [0, 0.05) is 49.3 Å². The lowest BCUT2D eigenvalue weighted by atomic mass is 10.2. The molecule has 0 atom stereocenters. The van der Waals surface area contributed by atoms with Crippen molar-refractivity contribution in [2.24, 2.45) is 0 Å². The van der Waals surface area contributed by atoms with Crippen molar-refractivity contribution in [3.63, 3.8) is 0 Å². The molecule has 33 heavy (non-hydrogen) atoms. The molecule has 0 bridgehead atoms. The lowest BCUT2D eigenvalue weighted by molar-refractivity contribution is -0.117. The van der Waals surface area contributed by atoms with Crippen molar-refractivity contribution in [1.29, 1.82) is 0 Å². The molecule has 7 nitrogen and oxygen atoms in total. The zero-order valence-corrected chi connectivity index (χ0v) is 20.7. The van der Waals surface area contributed by atoms with E-state index in [0.29, 0.717) is 29.6 Å². The van der Waals surface area contributed by atoms with E-state index in [-0.39, 0.29) is 30.7 Å². The summed E-state index contributed by atoms with van der Waals surface area (Å²) in [5.74, 6) is 1.54. The summed E-state index contributed by atoms with van der Waals surface area (Å²) in [4.78, 5) is 21.5. The molecule has 10 heteroatoms. The third kappa shape index (κ3) is 6.77. The zero-order valence-electron chi connectivity index (χ0n) is 18.3. The van der Waals surface area contributed by atoms with Gasteiger partial charge in [-0.25, -0.2) is 4.98 Å². The molecule has 0 radical (unpaired) electrons. The molecule has 2 heterocycles. The Labute approximate surface area is 211 Å². The number of carbonyl (C=O) groups is 1. The number of amides is 1. The van der Waals surface area contributed by atoms with Crippen molar-refractivity contribution < 1.29 is 9.53 Å². The molecule has 3 aromatic rings. The first kappa shape index (κ1) is 26.8. The topological polar surface area (TPSA) is 62.6 Å². The van der Waals surface area contributed by atoms with Gasteiger partial charge in [-0.1, -0.05) is 29.8 Å². The minimum atomic E-state index is -0.0407. The molecular weight excluding hydrogens is 485 g/mol. The Hall–Kier alpha value is -2.45. The fourth-order valence-electron chi connectivity index (χ4n) is 3.71. The van der Waals surface area contributed by atoms with Crippen LogP contribution in [0.15, 0.2) is 60.9 Å². The number of rotatable bonds is 7. The first-order chi connectivity index (χ1) is 15.1. The van der Waals surface area contributed by atoms with Gasteiger partial charge in [0.2, 0.25) is 11.9 Å². The van der Waals surface area contributed by atoms with Crippen LogP contribution < -0.4 is 15.0 Å². The van der Waals surface area contributed by atoms with Gasteiger partial charge in [-0.15, -0.1) is 24.8 Å². The van der Waals surface area contributed by atoms with Gasteiger partial charge in [0.25, 0.3) is 0 Å². The van der Waals surface area contributed by atoms with Crippen molar-refractivity contribution in [3.8, 4) is 11.4 Å². The van der Waals surface area contributed by atoms with Crippen LogP contribution in [0.4, 0.5) is 11.6 Å². The molecule has 1 fully saturated rings. The number of para-hydroxylation sites is 2. The Bertz CT molecular complexity index is 1040. The second-order valence-corrected chi connectivity index (χ2v) is 7.75. The SMILES string of the molecule is CCOc1ccccc1NC(=O)CN1CCN(c2nccn2-c2cccc(Cl)c2)CC1.Cl.Cl. The molecule has 0 spiro atoms. The number of aromatic nitrogens is 2. The van der Waals surface area contributed by atoms with Crippen molar-refractivity contribution in [2.45, 2.75) is 6.92 Å². The molecule has 1 saturated heterocycles. The maximum Gasteiger partial charge on any atom is 0.238 e. The summed E-state index contributed by atoms with van der Waals surface area (Å²) < 4.78 is 7.63. The molecule has 1 amide bonds. The molecule has 1 aliphatic heterocycles. The Morgan fingerprint density at radius 3 is 2.58 bits per heavy atom. The molecule has 0 aliphatic carbocycles. The van der Waals surface area contributed by atoms with E-state index in [0.717, 1.165) is 37.8 Å². The fourth-order valence-corrected chi connectivity index (χ4v) is 3.89. The Morgan fingerprint density at radius 1 is 1.09 bits per heavy atom. The molecule has 1 N–H and O–H groups in total. The van der Waals surface area contributed by atoms with Crippen LogP contribution in [0.3, 0.4) is 0 Å². The fraction of sp³-hybridized carbons (Fsp3) is 0.304. The number of ether oxygens (including phenoxy) is 1. The molecule has 2 aromatic carbocycles. The summed E-state index contributed by atoms with van der Waals surface area (Å²) in [6.07, 6.45) is 3.74. The highest BCUT2D eigenvalue weighted by Gasteiger charge is 2.22. The van der Waals surface area contributed by atoms with Crippen molar-refractivity contribution >= 4 is 54.0 Å². The van der Waals surface area contributed by atoms with Gasteiger partial charge in [0.15, 0.2) is 0 Å². The summed E-state index contributed by atoms with van der Waals surface area (Å²) in [6, 6.07) is 15.2. The van der Waals surface area contributed by atoms with Crippen molar-refractivity contribution in [2.75, 3.05) is 49.5 Å². The number of benzene rings is 2. The number of carbonyl (C=O) groups excluding carboxylic acids is 1. The largest absolute Gasteiger partial charge is 0.492 e. The molecule has 178 valence electrons. The van der Waals surface area contributed by atoms with Crippen LogP contribution in [0.1, 0.15) is 6.92 Å². The van der Waals surface area contributed by atoms with Gasteiger partial charge < -0.3 is 15.0 Å². The van der Waals surface area contributed by atoms with E-state index in [1.807, 2.05) is 66.2 Å². The van der Waals surface area contributed by atoms with Crippen LogP contribution in [0, 0.1) is 0 Å². The number of nitrogens with one attached hydrogen (secondary N) is 1. The predicted octanol–water partition coefficient (Wildman–Crippen LogP) is 4.53. The third-order valence-corrected chi connectivity index (χ3v) is 5.43. The predicted molar refractivity (Wildman–Crippen MR) is 138 cm³/mol. The van der Waals surface area contributed by atoms with E-state index in [1.165, 1.54) is 0 Å².